The average Bonchev–Trinajstić information content (AvgIpc) is 3.10. The SMILES string of the molecule is CCc1nncn1CCNC(=NC)NCc1ccc(C)cc1OCC(F)(F)F.I. The minimum absolute atomic E-state index is 0. The maximum absolute atomic E-state index is 12.5. The van der Waals surface area contributed by atoms with Gasteiger partial charge in [0.2, 0.25) is 0 Å². The van der Waals surface area contributed by atoms with Gasteiger partial charge in [-0.2, -0.15) is 13.2 Å². The Bertz CT molecular complexity index is 794. The van der Waals surface area contributed by atoms with Crippen molar-refractivity contribution in [1.29, 1.82) is 0 Å². The van der Waals surface area contributed by atoms with Gasteiger partial charge in [-0.1, -0.05) is 19.1 Å². The Morgan fingerprint density at radius 1 is 1.28 bits per heavy atom. The molecular weight excluding hydrogens is 500 g/mol. The molecule has 0 amide bonds. The number of hydrogen-bond acceptors (Lipinski definition) is 4. The number of halogens is 4. The Labute approximate surface area is 185 Å². The van der Waals surface area contributed by atoms with Crippen molar-refractivity contribution in [2.45, 2.75) is 39.5 Å². The summed E-state index contributed by atoms with van der Waals surface area (Å²) in [6.07, 6.45) is -1.92. The molecular formula is C18H26F3IN6O. The van der Waals surface area contributed by atoms with Crippen LogP contribution in [-0.4, -0.2) is 47.1 Å². The Morgan fingerprint density at radius 2 is 2.03 bits per heavy atom. The molecule has 2 aromatic rings. The molecule has 0 atom stereocenters. The fourth-order valence-electron chi connectivity index (χ4n) is 2.54. The molecule has 0 saturated heterocycles. The van der Waals surface area contributed by atoms with Crippen LogP contribution < -0.4 is 15.4 Å². The topological polar surface area (TPSA) is 76.4 Å². The van der Waals surface area contributed by atoms with Gasteiger partial charge in [0.05, 0.1) is 0 Å². The van der Waals surface area contributed by atoms with Crippen LogP contribution in [0.3, 0.4) is 0 Å². The monoisotopic (exact) mass is 526 g/mol. The van der Waals surface area contributed by atoms with Crippen LogP contribution in [0.5, 0.6) is 5.75 Å². The van der Waals surface area contributed by atoms with Crippen LogP contribution in [0, 0.1) is 6.92 Å². The van der Waals surface area contributed by atoms with Crippen LogP contribution >= 0.6 is 24.0 Å². The lowest BCUT2D eigenvalue weighted by Gasteiger charge is -2.16. The van der Waals surface area contributed by atoms with Gasteiger partial charge in [-0.25, -0.2) is 0 Å². The molecule has 11 heteroatoms. The molecule has 0 radical (unpaired) electrons. The van der Waals surface area contributed by atoms with E-state index in [1.807, 2.05) is 17.6 Å². The minimum Gasteiger partial charge on any atom is -0.484 e. The van der Waals surface area contributed by atoms with Gasteiger partial charge in [-0.05, 0) is 18.6 Å². The second kappa shape index (κ2) is 11.8. The highest BCUT2D eigenvalue weighted by Crippen LogP contribution is 2.23. The zero-order valence-corrected chi connectivity index (χ0v) is 18.9. The molecule has 1 aromatic carbocycles. The number of aromatic nitrogens is 3. The van der Waals surface area contributed by atoms with E-state index in [1.165, 1.54) is 0 Å². The van der Waals surface area contributed by atoms with Crippen molar-refractivity contribution in [2.24, 2.45) is 4.99 Å². The Kier molecular flexibility index (Phi) is 10.2. The fourth-order valence-corrected chi connectivity index (χ4v) is 2.54. The number of hydrogen-bond donors (Lipinski definition) is 2. The summed E-state index contributed by atoms with van der Waals surface area (Å²) in [5, 5.41) is 14.2. The van der Waals surface area contributed by atoms with Crippen LogP contribution in [0.1, 0.15) is 23.9 Å². The van der Waals surface area contributed by atoms with Crippen molar-refractivity contribution in [3.05, 3.63) is 41.5 Å². The number of aryl methyl sites for hydroxylation is 2. The van der Waals surface area contributed by atoms with Gasteiger partial charge >= 0.3 is 6.18 Å². The number of nitrogens with zero attached hydrogens (tertiary/aromatic N) is 4. The van der Waals surface area contributed by atoms with E-state index < -0.39 is 12.8 Å². The summed E-state index contributed by atoms with van der Waals surface area (Å²) in [4.78, 5) is 4.13. The lowest BCUT2D eigenvalue weighted by molar-refractivity contribution is -0.153. The van der Waals surface area contributed by atoms with Gasteiger partial charge in [0.15, 0.2) is 12.6 Å². The number of ether oxygens (including phenoxy) is 1. The number of alkyl halides is 3. The maximum Gasteiger partial charge on any atom is 0.422 e. The van der Waals surface area contributed by atoms with Crippen LogP contribution in [-0.2, 0) is 19.5 Å². The maximum atomic E-state index is 12.5. The van der Waals surface area contributed by atoms with Crippen molar-refractivity contribution in [1.82, 2.24) is 25.4 Å². The Hall–Kier alpha value is -2.05. The van der Waals surface area contributed by atoms with E-state index in [0.717, 1.165) is 17.8 Å². The van der Waals surface area contributed by atoms with Gasteiger partial charge in [0, 0.05) is 38.7 Å². The molecule has 1 aromatic heterocycles. The van der Waals surface area contributed by atoms with E-state index in [9.17, 15) is 13.2 Å². The highest BCUT2D eigenvalue weighted by atomic mass is 127. The largest absolute Gasteiger partial charge is 0.484 e. The lowest BCUT2D eigenvalue weighted by Crippen LogP contribution is -2.38. The normalized spacial score (nSPS) is 11.7. The highest BCUT2D eigenvalue weighted by molar-refractivity contribution is 14.0. The molecule has 0 aliphatic rings. The standard InChI is InChI=1S/C18H25F3N6O.HI/c1-4-16-26-25-12-27(16)8-7-23-17(22-3)24-10-14-6-5-13(2)9-15(14)28-11-18(19,20)21;/h5-6,9,12H,4,7-8,10-11H2,1-3H3,(H2,22,23,24);1H. The molecule has 2 rings (SSSR count). The minimum atomic E-state index is -4.38. The van der Waals surface area contributed by atoms with Gasteiger partial charge < -0.3 is 19.9 Å². The zero-order chi connectivity index (χ0) is 20.6. The Balaban J connectivity index is 0.00000420. The van der Waals surface area contributed by atoms with Crippen LogP contribution in [0.15, 0.2) is 29.5 Å². The lowest BCUT2D eigenvalue weighted by atomic mass is 10.1. The van der Waals surface area contributed by atoms with Crippen LogP contribution in [0.25, 0.3) is 0 Å². The number of benzene rings is 1. The third-order valence-corrected chi connectivity index (χ3v) is 3.94. The summed E-state index contributed by atoms with van der Waals surface area (Å²) in [6, 6.07) is 5.16. The summed E-state index contributed by atoms with van der Waals surface area (Å²) in [7, 11) is 1.63. The van der Waals surface area contributed by atoms with Crippen molar-refractivity contribution in [3.63, 3.8) is 0 Å². The fraction of sp³-hybridized carbons (Fsp3) is 0.500. The smallest absolute Gasteiger partial charge is 0.422 e. The van der Waals surface area contributed by atoms with Crippen LogP contribution in [0.2, 0.25) is 0 Å². The summed E-state index contributed by atoms with van der Waals surface area (Å²) >= 11 is 0. The van der Waals surface area contributed by atoms with Crippen LogP contribution in [0.4, 0.5) is 13.2 Å². The summed E-state index contributed by atoms with van der Waals surface area (Å²) in [5.74, 6) is 1.64. The molecule has 0 unspecified atom stereocenters. The first-order valence-corrected chi connectivity index (χ1v) is 8.92. The molecule has 0 spiro atoms. The van der Waals surface area contributed by atoms with Gasteiger partial charge in [0.25, 0.3) is 0 Å². The van der Waals surface area contributed by atoms with Crippen molar-refractivity contribution >= 4 is 29.9 Å². The predicted octanol–water partition coefficient (Wildman–Crippen LogP) is 3.07. The zero-order valence-electron chi connectivity index (χ0n) is 16.6. The van der Waals surface area contributed by atoms with Gasteiger partial charge in [-0.3, -0.25) is 4.99 Å². The van der Waals surface area contributed by atoms with E-state index in [2.05, 4.69) is 25.8 Å². The number of aliphatic imine (C=N–C) groups is 1. The quantitative estimate of drug-likeness (QED) is 0.314. The van der Waals surface area contributed by atoms with E-state index >= 15 is 0 Å². The highest BCUT2D eigenvalue weighted by Gasteiger charge is 2.28. The van der Waals surface area contributed by atoms with Gasteiger partial charge in [0.1, 0.15) is 17.9 Å². The first kappa shape index (κ1) is 25.0. The number of nitrogens with one attached hydrogen (secondary N) is 2. The molecule has 0 aliphatic carbocycles. The second-order valence-corrected chi connectivity index (χ2v) is 6.16. The van der Waals surface area contributed by atoms with E-state index in [-0.39, 0.29) is 36.3 Å². The average molecular weight is 526 g/mol. The van der Waals surface area contributed by atoms with E-state index in [0.29, 0.717) is 24.6 Å². The number of rotatable bonds is 8. The molecule has 0 bridgehead atoms. The first-order chi connectivity index (χ1) is 13.3. The van der Waals surface area contributed by atoms with Crippen molar-refractivity contribution < 1.29 is 17.9 Å². The third-order valence-electron chi connectivity index (χ3n) is 3.94. The number of guanidine groups is 1. The second-order valence-electron chi connectivity index (χ2n) is 6.16. The molecule has 1 heterocycles. The third kappa shape index (κ3) is 8.46. The molecule has 162 valence electrons. The molecule has 0 fully saturated rings. The summed E-state index contributed by atoms with van der Waals surface area (Å²) in [6.45, 7) is 4.02. The van der Waals surface area contributed by atoms with Crippen molar-refractivity contribution in [2.75, 3.05) is 20.2 Å². The summed E-state index contributed by atoms with van der Waals surface area (Å²) < 4.78 is 44.3. The molecule has 0 saturated carbocycles. The van der Waals surface area contributed by atoms with Crippen molar-refractivity contribution in [3.8, 4) is 5.75 Å². The summed E-state index contributed by atoms with van der Waals surface area (Å²) in [5.41, 5.74) is 1.44. The Morgan fingerprint density at radius 3 is 2.69 bits per heavy atom. The molecule has 29 heavy (non-hydrogen) atoms. The molecule has 0 aliphatic heterocycles. The van der Waals surface area contributed by atoms with E-state index in [1.54, 1.807) is 32.4 Å². The van der Waals surface area contributed by atoms with Gasteiger partial charge in [-0.15, -0.1) is 34.2 Å². The molecule has 2 N–H and O–H groups in total. The molecule has 7 nitrogen and oxygen atoms in total. The van der Waals surface area contributed by atoms with E-state index in [4.69, 9.17) is 4.74 Å². The predicted molar refractivity (Wildman–Crippen MR) is 116 cm³/mol. The first-order valence-electron chi connectivity index (χ1n) is 8.92.